The maximum atomic E-state index is 13.1. The molecule has 0 aromatic heterocycles. The molecule has 37 heavy (non-hydrogen) atoms. The number of hydrogen-bond acceptors (Lipinski definition) is 5. The van der Waals surface area contributed by atoms with Crippen molar-refractivity contribution >= 4 is 34.3 Å². The summed E-state index contributed by atoms with van der Waals surface area (Å²) in [5.41, 5.74) is 2.11. The number of hydrogen-bond donors (Lipinski definition) is 1. The summed E-state index contributed by atoms with van der Waals surface area (Å²) in [7, 11) is 0. The fourth-order valence-electron chi connectivity index (χ4n) is 5.55. The molecular formula is C31H39N3O2S. The van der Waals surface area contributed by atoms with E-state index in [1.165, 1.54) is 54.9 Å². The molecule has 5 rings (SSSR count). The number of rotatable bonds is 9. The minimum absolute atomic E-state index is 0.119. The van der Waals surface area contributed by atoms with E-state index >= 15 is 0 Å². The molecule has 5 nitrogen and oxygen atoms in total. The molecule has 0 aliphatic carbocycles. The summed E-state index contributed by atoms with van der Waals surface area (Å²) < 4.78 is 6.09. The number of ether oxygens (including phenoxy) is 1. The number of benzene rings is 3. The van der Waals surface area contributed by atoms with E-state index in [2.05, 4.69) is 63.6 Å². The molecule has 2 aliphatic heterocycles. The lowest BCUT2D eigenvalue weighted by atomic mass is 10.1. The standard InChI is InChI=1S/C31H39N3O2S/c35-31(36-27(22-33-18-7-1-8-19-33)23-34-20-9-2-10-21-34)32-29-16-5-6-17-30(29)37-24-26-14-11-13-25-12-3-4-15-28(25)26/h3-6,11-17,27H,1-2,7-10,18-24H2,(H,32,35). The van der Waals surface area contributed by atoms with Crippen LogP contribution in [0.2, 0.25) is 0 Å². The predicted octanol–water partition coefficient (Wildman–Crippen LogP) is 7.02. The third-order valence-electron chi connectivity index (χ3n) is 7.48. The summed E-state index contributed by atoms with van der Waals surface area (Å²) in [5.74, 6) is 0.835. The summed E-state index contributed by atoms with van der Waals surface area (Å²) in [6.45, 7) is 6.07. The molecule has 196 valence electrons. The summed E-state index contributed by atoms with van der Waals surface area (Å²) >= 11 is 1.75. The molecule has 0 radical (unpaired) electrons. The number of piperidine rings is 2. The number of anilines is 1. The first-order chi connectivity index (χ1) is 18.2. The van der Waals surface area contributed by atoms with Gasteiger partial charge in [-0.15, -0.1) is 11.8 Å². The van der Waals surface area contributed by atoms with E-state index < -0.39 is 0 Å². The zero-order valence-electron chi connectivity index (χ0n) is 21.7. The van der Waals surface area contributed by atoms with Crippen LogP contribution < -0.4 is 5.32 Å². The Labute approximate surface area is 225 Å². The second kappa shape index (κ2) is 13.3. The van der Waals surface area contributed by atoms with Gasteiger partial charge in [0.25, 0.3) is 0 Å². The van der Waals surface area contributed by atoms with E-state index in [1.54, 1.807) is 11.8 Å². The van der Waals surface area contributed by atoms with Gasteiger partial charge in [-0.2, -0.15) is 0 Å². The van der Waals surface area contributed by atoms with E-state index in [0.29, 0.717) is 0 Å². The predicted molar refractivity (Wildman–Crippen MR) is 154 cm³/mol. The lowest BCUT2D eigenvalue weighted by Gasteiger charge is -2.34. The highest BCUT2D eigenvalue weighted by Gasteiger charge is 2.24. The van der Waals surface area contributed by atoms with Crippen molar-refractivity contribution in [1.82, 2.24) is 9.80 Å². The van der Waals surface area contributed by atoms with Gasteiger partial charge < -0.3 is 4.74 Å². The van der Waals surface area contributed by atoms with Crippen LogP contribution in [0.1, 0.15) is 44.1 Å². The van der Waals surface area contributed by atoms with Crippen molar-refractivity contribution in [2.24, 2.45) is 0 Å². The van der Waals surface area contributed by atoms with Crippen molar-refractivity contribution in [2.45, 2.75) is 55.3 Å². The van der Waals surface area contributed by atoms with Gasteiger partial charge in [0.2, 0.25) is 0 Å². The molecule has 3 aromatic carbocycles. The van der Waals surface area contributed by atoms with Crippen LogP contribution in [0, 0.1) is 0 Å². The molecule has 0 spiro atoms. The van der Waals surface area contributed by atoms with Crippen molar-refractivity contribution in [3.63, 3.8) is 0 Å². The number of carbonyl (C=O) groups excluding carboxylic acids is 1. The number of carbonyl (C=O) groups is 1. The maximum absolute atomic E-state index is 13.1. The molecular weight excluding hydrogens is 478 g/mol. The third-order valence-corrected chi connectivity index (χ3v) is 8.60. The SMILES string of the molecule is O=C(Nc1ccccc1SCc1cccc2ccccc12)OC(CN1CCCCC1)CN1CCCCC1. The molecule has 0 unspecified atom stereocenters. The largest absolute Gasteiger partial charge is 0.443 e. The number of thioether (sulfide) groups is 1. The lowest BCUT2D eigenvalue weighted by Crippen LogP contribution is -2.46. The summed E-state index contributed by atoms with van der Waals surface area (Å²) in [6, 6.07) is 23.0. The van der Waals surface area contributed by atoms with E-state index in [4.69, 9.17) is 4.74 Å². The minimum atomic E-state index is -0.350. The van der Waals surface area contributed by atoms with Gasteiger partial charge in [-0.3, -0.25) is 15.1 Å². The number of fused-ring (bicyclic) bond motifs is 1. The Morgan fingerprint density at radius 3 is 2.14 bits per heavy atom. The number of amides is 1. The first-order valence-corrected chi connectivity index (χ1v) is 14.8. The maximum Gasteiger partial charge on any atom is 0.412 e. The van der Waals surface area contributed by atoms with Crippen LogP contribution in [0.4, 0.5) is 10.5 Å². The molecule has 0 saturated carbocycles. The van der Waals surface area contributed by atoms with Crippen LogP contribution >= 0.6 is 11.8 Å². The smallest absolute Gasteiger partial charge is 0.412 e. The van der Waals surface area contributed by atoms with E-state index in [1.807, 2.05) is 18.2 Å². The first kappa shape index (κ1) is 26.1. The van der Waals surface area contributed by atoms with Crippen molar-refractivity contribution in [1.29, 1.82) is 0 Å². The van der Waals surface area contributed by atoms with E-state index in [9.17, 15) is 4.79 Å². The molecule has 0 atom stereocenters. The molecule has 2 aliphatic rings. The lowest BCUT2D eigenvalue weighted by molar-refractivity contribution is 0.0438. The molecule has 6 heteroatoms. The highest BCUT2D eigenvalue weighted by molar-refractivity contribution is 7.98. The van der Waals surface area contributed by atoms with Gasteiger partial charge in [0.05, 0.1) is 5.69 Å². The number of para-hydroxylation sites is 1. The van der Waals surface area contributed by atoms with Crippen LogP contribution in [0.5, 0.6) is 0 Å². The second-order valence-electron chi connectivity index (χ2n) is 10.3. The molecule has 2 saturated heterocycles. The Morgan fingerprint density at radius 1 is 0.784 bits per heavy atom. The average molecular weight is 518 g/mol. The van der Waals surface area contributed by atoms with Crippen LogP contribution in [-0.4, -0.2) is 61.3 Å². The van der Waals surface area contributed by atoms with Crippen molar-refractivity contribution < 1.29 is 9.53 Å². The van der Waals surface area contributed by atoms with Crippen LogP contribution in [-0.2, 0) is 10.5 Å². The fraction of sp³-hybridized carbons (Fsp3) is 0.452. The zero-order valence-corrected chi connectivity index (χ0v) is 22.6. The highest BCUT2D eigenvalue weighted by atomic mass is 32.2. The van der Waals surface area contributed by atoms with Crippen molar-refractivity contribution in [3.8, 4) is 0 Å². The summed E-state index contributed by atoms with van der Waals surface area (Å²) in [4.78, 5) is 19.1. The van der Waals surface area contributed by atoms with E-state index in [0.717, 1.165) is 55.6 Å². The summed E-state index contributed by atoms with van der Waals surface area (Å²) in [6.07, 6.45) is 7.11. The quantitative estimate of drug-likeness (QED) is 0.309. The Bertz CT molecular complexity index is 1130. The Morgan fingerprint density at radius 2 is 1.41 bits per heavy atom. The number of nitrogens with zero attached hydrogens (tertiary/aromatic N) is 2. The number of nitrogens with one attached hydrogen (secondary N) is 1. The third kappa shape index (κ3) is 7.50. The average Bonchev–Trinajstić information content (AvgIpc) is 2.93. The highest BCUT2D eigenvalue weighted by Crippen LogP contribution is 2.32. The van der Waals surface area contributed by atoms with Gasteiger partial charge in [-0.05, 0) is 80.3 Å². The van der Waals surface area contributed by atoms with Gasteiger partial charge in [0, 0.05) is 23.7 Å². The molecule has 1 N–H and O–H groups in total. The Kier molecular flexibility index (Phi) is 9.38. The molecule has 1 amide bonds. The van der Waals surface area contributed by atoms with E-state index in [-0.39, 0.29) is 12.2 Å². The monoisotopic (exact) mass is 517 g/mol. The van der Waals surface area contributed by atoms with Gasteiger partial charge in [0.15, 0.2) is 0 Å². The summed E-state index contributed by atoms with van der Waals surface area (Å²) in [5, 5.41) is 5.60. The van der Waals surface area contributed by atoms with Gasteiger partial charge in [-0.1, -0.05) is 67.4 Å². The Hall–Kier alpha value is -2.54. The number of likely N-dealkylation sites (tertiary alicyclic amines) is 2. The van der Waals surface area contributed by atoms with Gasteiger partial charge in [-0.25, -0.2) is 4.79 Å². The topological polar surface area (TPSA) is 44.8 Å². The van der Waals surface area contributed by atoms with Crippen LogP contribution in [0.15, 0.2) is 71.6 Å². The molecule has 0 bridgehead atoms. The van der Waals surface area contributed by atoms with Crippen LogP contribution in [0.3, 0.4) is 0 Å². The second-order valence-corrected chi connectivity index (χ2v) is 11.3. The minimum Gasteiger partial charge on any atom is -0.443 e. The molecule has 2 heterocycles. The van der Waals surface area contributed by atoms with Gasteiger partial charge in [0.1, 0.15) is 6.10 Å². The van der Waals surface area contributed by atoms with Crippen LogP contribution in [0.25, 0.3) is 10.8 Å². The van der Waals surface area contributed by atoms with Crippen molar-refractivity contribution in [3.05, 3.63) is 72.3 Å². The molecule has 2 fully saturated rings. The Balaban J connectivity index is 1.22. The van der Waals surface area contributed by atoms with Gasteiger partial charge >= 0.3 is 6.09 Å². The molecule has 3 aromatic rings. The zero-order chi connectivity index (χ0) is 25.3. The first-order valence-electron chi connectivity index (χ1n) is 13.9. The fourth-order valence-corrected chi connectivity index (χ4v) is 6.56. The normalized spacial score (nSPS) is 17.2. The van der Waals surface area contributed by atoms with Crippen molar-refractivity contribution in [2.75, 3.05) is 44.6 Å².